The molecule has 3 aromatic rings. The average molecular weight is 401 g/mol. The van der Waals surface area contributed by atoms with E-state index >= 15 is 0 Å². The second kappa shape index (κ2) is 9.45. The zero-order valence-electron chi connectivity index (χ0n) is 15.3. The summed E-state index contributed by atoms with van der Waals surface area (Å²) in [6.45, 7) is 3.28. The van der Waals surface area contributed by atoms with Gasteiger partial charge in [0.25, 0.3) is 0 Å². The summed E-state index contributed by atoms with van der Waals surface area (Å²) in [7, 11) is 0. The number of carbonyl (C=O) groups excluding carboxylic acids is 1. The lowest BCUT2D eigenvalue weighted by atomic mass is 9.89. The fourth-order valence-electron chi connectivity index (χ4n) is 3.78. The molecule has 1 saturated heterocycles. The summed E-state index contributed by atoms with van der Waals surface area (Å²) in [5.74, 6) is 0.877. The maximum atomic E-state index is 12.4. The number of fused-ring (bicyclic) bond motifs is 1. The molecule has 3 nitrogen and oxygen atoms in total. The SMILES string of the molecule is Cl.O=C(CCCN1CCC(c2ccccc2)CC1)c1nc2ccccc2s1. The van der Waals surface area contributed by atoms with Crippen LogP contribution in [-0.4, -0.2) is 35.3 Å². The Kier molecular flexibility index (Phi) is 7.00. The molecule has 0 spiro atoms. The van der Waals surface area contributed by atoms with Gasteiger partial charge in [0.2, 0.25) is 0 Å². The van der Waals surface area contributed by atoms with Gasteiger partial charge in [0.05, 0.1) is 10.2 Å². The number of hydrogen-bond donors (Lipinski definition) is 0. The van der Waals surface area contributed by atoms with Crippen molar-refractivity contribution in [3.05, 3.63) is 65.2 Å². The Morgan fingerprint density at radius 3 is 2.48 bits per heavy atom. The molecule has 5 heteroatoms. The van der Waals surface area contributed by atoms with E-state index in [4.69, 9.17) is 0 Å². The van der Waals surface area contributed by atoms with Gasteiger partial charge in [-0.1, -0.05) is 42.5 Å². The summed E-state index contributed by atoms with van der Waals surface area (Å²) >= 11 is 1.52. The highest BCUT2D eigenvalue weighted by atomic mass is 35.5. The Morgan fingerprint density at radius 1 is 1.04 bits per heavy atom. The van der Waals surface area contributed by atoms with E-state index in [-0.39, 0.29) is 18.2 Å². The molecule has 2 heterocycles. The van der Waals surface area contributed by atoms with E-state index < -0.39 is 0 Å². The number of benzene rings is 2. The minimum atomic E-state index is 0. The molecule has 2 aromatic carbocycles. The second-order valence-corrected chi connectivity index (χ2v) is 8.07. The van der Waals surface area contributed by atoms with Crippen molar-refractivity contribution in [3.63, 3.8) is 0 Å². The van der Waals surface area contributed by atoms with Crippen molar-refractivity contribution in [2.75, 3.05) is 19.6 Å². The Hall–Kier alpha value is -1.75. The summed E-state index contributed by atoms with van der Waals surface area (Å²) < 4.78 is 1.10. The molecule has 4 rings (SSSR count). The third-order valence-corrected chi connectivity index (χ3v) is 6.35. The zero-order valence-corrected chi connectivity index (χ0v) is 17.0. The third kappa shape index (κ3) is 4.95. The number of carbonyl (C=O) groups is 1. The third-order valence-electron chi connectivity index (χ3n) is 5.27. The summed E-state index contributed by atoms with van der Waals surface area (Å²) in [5, 5.41) is 0.661. The molecule has 0 saturated carbocycles. The van der Waals surface area contributed by atoms with E-state index in [1.165, 1.54) is 29.7 Å². The first-order valence-electron chi connectivity index (χ1n) is 9.46. The maximum absolute atomic E-state index is 12.4. The standard InChI is InChI=1S/C22H24N2OS.ClH/c25-20(22-23-19-9-4-5-11-21(19)26-22)10-6-14-24-15-12-18(13-16-24)17-7-2-1-3-8-17;/h1-5,7-9,11,18H,6,10,12-16H2;1H. The average Bonchev–Trinajstić information content (AvgIpc) is 3.13. The molecule has 1 aliphatic heterocycles. The number of hydrogen-bond acceptors (Lipinski definition) is 4. The number of para-hydroxylation sites is 1. The van der Waals surface area contributed by atoms with Crippen LogP contribution in [0.2, 0.25) is 0 Å². The summed E-state index contributed by atoms with van der Waals surface area (Å²) in [4.78, 5) is 19.4. The lowest BCUT2D eigenvalue weighted by Gasteiger charge is -2.32. The minimum Gasteiger partial charge on any atom is -0.303 e. The van der Waals surface area contributed by atoms with E-state index in [1.807, 2.05) is 24.3 Å². The first kappa shape index (κ1) is 20.0. The summed E-state index contributed by atoms with van der Waals surface area (Å²) in [6.07, 6.45) is 3.95. The molecular formula is C22H25ClN2OS. The van der Waals surface area contributed by atoms with Gasteiger partial charge in [-0.2, -0.15) is 0 Å². The van der Waals surface area contributed by atoms with Gasteiger partial charge in [0, 0.05) is 6.42 Å². The predicted molar refractivity (Wildman–Crippen MR) is 115 cm³/mol. The van der Waals surface area contributed by atoms with Gasteiger partial charge in [-0.25, -0.2) is 4.98 Å². The molecule has 1 aliphatic rings. The van der Waals surface area contributed by atoms with Crippen molar-refractivity contribution in [2.45, 2.75) is 31.6 Å². The van der Waals surface area contributed by atoms with E-state index in [0.29, 0.717) is 17.3 Å². The van der Waals surface area contributed by atoms with Crippen LogP contribution in [-0.2, 0) is 0 Å². The first-order valence-corrected chi connectivity index (χ1v) is 10.3. The highest BCUT2D eigenvalue weighted by Crippen LogP contribution is 2.28. The van der Waals surface area contributed by atoms with Crippen LogP contribution in [0, 0.1) is 0 Å². The van der Waals surface area contributed by atoms with E-state index in [2.05, 4.69) is 40.2 Å². The van der Waals surface area contributed by atoms with Gasteiger partial charge in [0.15, 0.2) is 10.8 Å². The van der Waals surface area contributed by atoms with Crippen molar-refractivity contribution in [1.82, 2.24) is 9.88 Å². The van der Waals surface area contributed by atoms with Gasteiger partial charge in [-0.3, -0.25) is 4.79 Å². The van der Waals surface area contributed by atoms with Crippen LogP contribution < -0.4 is 0 Å². The van der Waals surface area contributed by atoms with Gasteiger partial charge in [-0.05, 0) is 62.5 Å². The van der Waals surface area contributed by atoms with Crippen molar-refractivity contribution >= 4 is 39.7 Å². The summed E-state index contributed by atoms with van der Waals surface area (Å²) in [6, 6.07) is 18.8. The minimum absolute atomic E-state index is 0. The molecule has 0 aliphatic carbocycles. The number of Topliss-reactive ketones (excluding diaryl/α,β-unsaturated/α-hetero) is 1. The Labute approximate surface area is 170 Å². The lowest BCUT2D eigenvalue weighted by molar-refractivity contribution is 0.0972. The number of piperidine rings is 1. The molecule has 0 bridgehead atoms. The molecular weight excluding hydrogens is 376 g/mol. The van der Waals surface area contributed by atoms with E-state index in [1.54, 1.807) is 0 Å². The zero-order chi connectivity index (χ0) is 17.8. The number of aromatic nitrogens is 1. The van der Waals surface area contributed by atoms with Crippen molar-refractivity contribution in [3.8, 4) is 0 Å². The topological polar surface area (TPSA) is 33.2 Å². The highest BCUT2D eigenvalue weighted by Gasteiger charge is 2.20. The monoisotopic (exact) mass is 400 g/mol. The largest absolute Gasteiger partial charge is 0.303 e. The number of nitrogens with zero attached hydrogens (tertiary/aromatic N) is 2. The number of likely N-dealkylation sites (tertiary alicyclic amines) is 1. The quantitative estimate of drug-likeness (QED) is 0.508. The van der Waals surface area contributed by atoms with Crippen LogP contribution in [0.5, 0.6) is 0 Å². The van der Waals surface area contributed by atoms with E-state index in [9.17, 15) is 4.79 Å². The van der Waals surface area contributed by atoms with Crippen LogP contribution in [0.1, 0.15) is 47.0 Å². The molecule has 1 fully saturated rings. The molecule has 0 radical (unpaired) electrons. The summed E-state index contributed by atoms with van der Waals surface area (Å²) in [5.41, 5.74) is 2.40. The fraction of sp³-hybridized carbons (Fsp3) is 0.364. The maximum Gasteiger partial charge on any atom is 0.191 e. The van der Waals surface area contributed by atoms with Crippen molar-refractivity contribution in [1.29, 1.82) is 0 Å². The van der Waals surface area contributed by atoms with Gasteiger partial charge in [-0.15, -0.1) is 23.7 Å². The van der Waals surface area contributed by atoms with Gasteiger partial charge in [0.1, 0.15) is 0 Å². The molecule has 0 unspecified atom stereocenters. The smallest absolute Gasteiger partial charge is 0.191 e. The fourth-order valence-corrected chi connectivity index (χ4v) is 4.71. The number of halogens is 1. The van der Waals surface area contributed by atoms with Crippen molar-refractivity contribution in [2.24, 2.45) is 0 Å². The normalized spacial score (nSPS) is 15.6. The Balaban J connectivity index is 0.00000210. The molecule has 0 N–H and O–H groups in total. The molecule has 0 amide bonds. The van der Waals surface area contributed by atoms with Gasteiger partial charge >= 0.3 is 0 Å². The molecule has 1 aromatic heterocycles. The van der Waals surface area contributed by atoms with E-state index in [0.717, 1.165) is 36.3 Å². The van der Waals surface area contributed by atoms with Crippen LogP contribution in [0.4, 0.5) is 0 Å². The Bertz CT molecular complexity index is 839. The lowest BCUT2D eigenvalue weighted by Crippen LogP contribution is -2.33. The van der Waals surface area contributed by atoms with Crippen LogP contribution >= 0.6 is 23.7 Å². The highest BCUT2D eigenvalue weighted by molar-refractivity contribution is 7.20. The molecule has 142 valence electrons. The van der Waals surface area contributed by atoms with Crippen LogP contribution in [0.15, 0.2) is 54.6 Å². The second-order valence-electron chi connectivity index (χ2n) is 7.04. The predicted octanol–water partition coefficient (Wildman–Crippen LogP) is 5.56. The molecule has 27 heavy (non-hydrogen) atoms. The molecule has 0 atom stereocenters. The van der Waals surface area contributed by atoms with Crippen LogP contribution in [0.3, 0.4) is 0 Å². The Morgan fingerprint density at radius 2 is 1.74 bits per heavy atom. The van der Waals surface area contributed by atoms with Gasteiger partial charge < -0.3 is 4.90 Å². The number of thiazole rings is 1. The first-order chi connectivity index (χ1) is 12.8. The number of ketones is 1. The van der Waals surface area contributed by atoms with Crippen molar-refractivity contribution < 1.29 is 4.79 Å². The van der Waals surface area contributed by atoms with Crippen LogP contribution in [0.25, 0.3) is 10.2 Å². The number of rotatable bonds is 6.